The van der Waals surface area contributed by atoms with Crippen molar-refractivity contribution in [1.29, 1.82) is 0 Å². The lowest BCUT2D eigenvalue weighted by Crippen LogP contribution is -2.91. The number of anilines is 1. The van der Waals surface area contributed by atoms with E-state index in [4.69, 9.17) is 11.6 Å². The molecule has 0 fully saturated rings. The molecular formula is C20H27ClN3O3S+. The standard InChI is InChI=1S/C20H26ClN3O3S/c1-13(2)24-28(26,27)19-11-9-18(10-12-19)23-20(25)15(4)22-14(3)16-5-7-17(21)8-6-16/h5-15,22,24H,1-4H3,(H,23,25)/p+1/t14-,15+/m0/s1. The van der Waals surface area contributed by atoms with Gasteiger partial charge in [0.05, 0.1) is 4.90 Å². The minimum absolute atomic E-state index is 0.0904. The molecule has 152 valence electrons. The Kier molecular flexibility index (Phi) is 7.60. The largest absolute Gasteiger partial charge is 0.330 e. The molecule has 0 saturated carbocycles. The second-order valence-corrected chi connectivity index (χ2v) is 9.26. The summed E-state index contributed by atoms with van der Waals surface area (Å²) in [6, 6.07) is 13.2. The van der Waals surface area contributed by atoms with Gasteiger partial charge in [-0.05, 0) is 64.1 Å². The van der Waals surface area contributed by atoms with Gasteiger partial charge in [-0.1, -0.05) is 23.7 Å². The van der Waals surface area contributed by atoms with E-state index in [2.05, 4.69) is 10.0 Å². The smallest absolute Gasteiger partial charge is 0.282 e. The van der Waals surface area contributed by atoms with Crippen LogP contribution in [0.2, 0.25) is 5.02 Å². The molecule has 0 aliphatic rings. The highest BCUT2D eigenvalue weighted by molar-refractivity contribution is 7.89. The lowest BCUT2D eigenvalue weighted by molar-refractivity contribution is -0.709. The first-order valence-corrected chi connectivity index (χ1v) is 11.0. The molecule has 2 rings (SSSR count). The highest BCUT2D eigenvalue weighted by atomic mass is 35.5. The maximum absolute atomic E-state index is 12.5. The number of quaternary nitrogens is 1. The number of hydrogen-bond donors (Lipinski definition) is 3. The van der Waals surface area contributed by atoms with Crippen molar-refractivity contribution in [2.45, 2.75) is 50.7 Å². The number of sulfonamides is 1. The molecule has 0 aliphatic heterocycles. The fourth-order valence-corrected chi connectivity index (χ4v) is 4.13. The summed E-state index contributed by atoms with van der Waals surface area (Å²) in [5.74, 6) is -0.156. The molecule has 4 N–H and O–H groups in total. The van der Waals surface area contributed by atoms with Gasteiger partial charge in [0.1, 0.15) is 6.04 Å². The molecule has 2 aromatic carbocycles. The van der Waals surface area contributed by atoms with E-state index in [0.717, 1.165) is 5.56 Å². The van der Waals surface area contributed by atoms with E-state index >= 15 is 0 Å². The van der Waals surface area contributed by atoms with Crippen LogP contribution in [-0.2, 0) is 14.8 Å². The van der Waals surface area contributed by atoms with Crippen molar-refractivity contribution in [3.05, 3.63) is 59.1 Å². The van der Waals surface area contributed by atoms with Crippen molar-refractivity contribution in [1.82, 2.24) is 4.72 Å². The van der Waals surface area contributed by atoms with Crippen LogP contribution in [0.3, 0.4) is 0 Å². The summed E-state index contributed by atoms with van der Waals surface area (Å²) >= 11 is 5.91. The topological polar surface area (TPSA) is 91.9 Å². The Hall–Kier alpha value is -1.93. The number of hydrogen-bond acceptors (Lipinski definition) is 3. The van der Waals surface area contributed by atoms with Crippen LogP contribution in [0, 0.1) is 0 Å². The normalized spacial score (nSPS) is 13.9. The maximum Gasteiger partial charge on any atom is 0.282 e. The average Bonchev–Trinajstić information content (AvgIpc) is 2.61. The summed E-state index contributed by atoms with van der Waals surface area (Å²) in [7, 11) is -3.55. The molecule has 0 spiro atoms. The third-order valence-corrected chi connectivity index (χ3v) is 6.14. The Morgan fingerprint density at radius 3 is 2.07 bits per heavy atom. The van der Waals surface area contributed by atoms with Crippen molar-refractivity contribution in [3.63, 3.8) is 0 Å². The van der Waals surface area contributed by atoms with E-state index in [0.29, 0.717) is 10.7 Å². The predicted octanol–water partition coefficient (Wildman–Crippen LogP) is 2.68. The van der Waals surface area contributed by atoms with E-state index in [1.54, 1.807) is 26.0 Å². The number of nitrogens with two attached hydrogens (primary N) is 1. The van der Waals surface area contributed by atoms with Gasteiger partial charge in [0, 0.05) is 22.3 Å². The highest BCUT2D eigenvalue weighted by Crippen LogP contribution is 2.15. The zero-order chi connectivity index (χ0) is 20.9. The SMILES string of the molecule is CC(C)NS(=O)(=O)c1ccc(NC(=O)[C@@H](C)[NH2+][C@@H](C)c2ccc(Cl)cc2)cc1. The van der Waals surface area contributed by atoms with Gasteiger partial charge in [-0.2, -0.15) is 0 Å². The molecule has 28 heavy (non-hydrogen) atoms. The minimum Gasteiger partial charge on any atom is -0.330 e. The quantitative estimate of drug-likeness (QED) is 0.608. The summed E-state index contributed by atoms with van der Waals surface area (Å²) < 4.78 is 26.8. The number of amides is 1. The van der Waals surface area contributed by atoms with E-state index < -0.39 is 10.0 Å². The molecule has 2 atom stereocenters. The number of carbonyl (C=O) groups excluding carboxylic acids is 1. The highest BCUT2D eigenvalue weighted by Gasteiger charge is 2.21. The third kappa shape index (κ3) is 6.31. The molecule has 6 nitrogen and oxygen atoms in total. The molecule has 0 aliphatic carbocycles. The Balaban J connectivity index is 1.97. The second kappa shape index (κ2) is 9.52. The lowest BCUT2D eigenvalue weighted by atomic mass is 10.1. The molecule has 0 unspecified atom stereocenters. The van der Waals surface area contributed by atoms with Crippen LogP contribution in [0.15, 0.2) is 53.4 Å². The molecule has 0 aromatic heterocycles. The van der Waals surface area contributed by atoms with Gasteiger partial charge in [0.25, 0.3) is 5.91 Å². The van der Waals surface area contributed by atoms with Crippen LogP contribution in [0.5, 0.6) is 0 Å². The number of halogens is 1. The molecule has 0 saturated heterocycles. The van der Waals surface area contributed by atoms with Crippen molar-refractivity contribution in [3.8, 4) is 0 Å². The summed E-state index contributed by atoms with van der Waals surface area (Å²) in [4.78, 5) is 12.6. The van der Waals surface area contributed by atoms with Crippen molar-refractivity contribution < 1.29 is 18.5 Å². The molecular weight excluding hydrogens is 398 g/mol. The average molecular weight is 425 g/mol. The minimum atomic E-state index is -3.55. The van der Waals surface area contributed by atoms with Gasteiger partial charge < -0.3 is 10.6 Å². The van der Waals surface area contributed by atoms with Gasteiger partial charge >= 0.3 is 0 Å². The summed E-state index contributed by atoms with van der Waals surface area (Å²) in [6.07, 6.45) is 0. The third-order valence-electron chi connectivity index (χ3n) is 4.21. The van der Waals surface area contributed by atoms with Gasteiger partial charge in [-0.3, -0.25) is 4.79 Å². The van der Waals surface area contributed by atoms with Gasteiger partial charge in [-0.15, -0.1) is 0 Å². The summed E-state index contributed by atoms with van der Waals surface area (Å²) in [5.41, 5.74) is 1.63. The number of carbonyl (C=O) groups is 1. The Morgan fingerprint density at radius 2 is 1.54 bits per heavy atom. The molecule has 1 amide bonds. The van der Waals surface area contributed by atoms with E-state index in [1.807, 2.05) is 43.4 Å². The first kappa shape index (κ1) is 22.4. The van der Waals surface area contributed by atoms with Gasteiger partial charge in [0.2, 0.25) is 10.0 Å². The van der Waals surface area contributed by atoms with E-state index in [1.165, 1.54) is 12.1 Å². The number of benzene rings is 2. The summed E-state index contributed by atoms with van der Waals surface area (Å²) in [6.45, 7) is 7.37. The Labute approximate surface area is 171 Å². The Morgan fingerprint density at radius 1 is 0.964 bits per heavy atom. The van der Waals surface area contributed by atoms with Crippen LogP contribution in [0.1, 0.15) is 39.3 Å². The zero-order valence-corrected chi connectivity index (χ0v) is 18.0. The first-order valence-electron chi connectivity index (χ1n) is 9.12. The van der Waals surface area contributed by atoms with Crippen LogP contribution >= 0.6 is 11.6 Å². The lowest BCUT2D eigenvalue weighted by Gasteiger charge is -2.17. The van der Waals surface area contributed by atoms with E-state index in [9.17, 15) is 13.2 Å². The van der Waals surface area contributed by atoms with Gasteiger partial charge in [0.15, 0.2) is 6.04 Å². The molecule has 2 aromatic rings. The number of rotatable bonds is 8. The molecule has 0 heterocycles. The van der Waals surface area contributed by atoms with Crippen LogP contribution in [-0.4, -0.2) is 26.4 Å². The monoisotopic (exact) mass is 424 g/mol. The Bertz CT molecular complexity index is 897. The fourth-order valence-electron chi connectivity index (χ4n) is 2.75. The van der Waals surface area contributed by atoms with Crippen molar-refractivity contribution >= 4 is 33.2 Å². The van der Waals surface area contributed by atoms with Crippen LogP contribution in [0.25, 0.3) is 0 Å². The van der Waals surface area contributed by atoms with Gasteiger partial charge in [-0.25, -0.2) is 13.1 Å². The zero-order valence-electron chi connectivity index (χ0n) is 16.4. The van der Waals surface area contributed by atoms with Crippen LogP contribution in [0.4, 0.5) is 5.69 Å². The van der Waals surface area contributed by atoms with Crippen molar-refractivity contribution in [2.75, 3.05) is 5.32 Å². The molecule has 0 bridgehead atoms. The van der Waals surface area contributed by atoms with Crippen LogP contribution < -0.4 is 15.4 Å². The van der Waals surface area contributed by atoms with Crippen molar-refractivity contribution in [2.24, 2.45) is 0 Å². The second-order valence-electron chi connectivity index (χ2n) is 7.11. The summed E-state index contributed by atoms with van der Waals surface area (Å²) in [5, 5.41) is 5.46. The first-order chi connectivity index (χ1) is 13.1. The number of nitrogens with one attached hydrogen (secondary N) is 2. The van der Waals surface area contributed by atoms with E-state index in [-0.39, 0.29) is 28.9 Å². The molecule has 8 heteroatoms. The predicted molar refractivity (Wildman–Crippen MR) is 112 cm³/mol. The fraction of sp³-hybridized carbons (Fsp3) is 0.350. The maximum atomic E-state index is 12.5. The molecule has 0 radical (unpaired) electrons.